The van der Waals surface area contributed by atoms with Crippen LogP contribution in [0.15, 0.2) is 90.5 Å². The molecule has 3 atom stereocenters. The fourth-order valence-corrected chi connectivity index (χ4v) is 10.3. The van der Waals surface area contributed by atoms with Crippen LogP contribution in [-0.4, -0.2) is 106 Å². The zero-order valence-electron chi connectivity index (χ0n) is 37.0. The number of rotatable bonds is 17. The summed E-state index contributed by atoms with van der Waals surface area (Å²) in [6.45, 7) is 5.67. The number of imide groups is 2. The third-order valence-corrected chi connectivity index (χ3v) is 14.0. The van der Waals surface area contributed by atoms with Crippen molar-refractivity contribution in [3.63, 3.8) is 0 Å². The second-order valence-corrected chi connectivity index (χ2v) is 18.5. The van der Waals surface area contributed by atoms with Gasteiger partial charge < -0.3 is 30.9 Å². The number of thioether (sulfide) groups is 1. The molecular weight excluding hydrogens is 876 g/mol. The van der Waals surface area contributed by atoms with Crippen LogP contribution in [0, 0.1) is 5.82 Å². The van der Waals surface area contributed by atoms with Gasteiger partial charge in [-0.25, -0.2) is 4.39 Å². The molecule has 17 heteroatoms. The average molecular weight is 929 g/mol. The molecule has 2 saturated heterocycles. The summed E-state index contributed by atoms with van der Waals surface area (Å²) < 4.78 is 14.4. The van der Waals surface area contributed by atoms with Gasteiger partial charge in [-0.15, -0.1) is 0 Å². The Balaban J connectivity index is 0.695. The van der Waals surface area contributed by atoms with Crippen LogP contribution in [0.4, 0.5) is 15.8 Å². The van der Waals surface area contributed by atoms with Crippen LogP contribution < -0.4 is 26.2 Å². The van der Waals surface area contributed by atoms with E-state index in [1.54, 1.807) is 29.8 Å². The molecule has 15 nitrogen and oxygen atoms in total. The Labute approximate surface area is 392 Å². The minimum absolute atomic E-state index is 0.0144. The van der Waals surface area contributed by atoms with Crippen LogP contribution in [0.3, 0.4) is 0 Å². The number of aromatic hydroxyl groups is 1. The number of hydrogen-bond donors (Lipinski definition) is 5. The van der Waals surface area contributed by atoms with E-state index in [4.69, 9.17) is 0 Å². The fourth-order valence-electron chi connectivity index (χ4n) is 9.62. The van der Waals surface area contributed by atoms with Gasteiger partial charge in [0.1, 0.15) is 23.7 Å². The van der Waals surface area contributed by atoms with E-state index in [-0.39, 0.29) is 47.7 Å². The number of unbranched alkanes of at least 4 members (excludes halogenated alkanes) is 5. The zero-order valence-corrected chi connectivity index (χ0v) is 37.8. The highest BCUT2D eigenvalue weighted by atomic mass is 32.2. The Morgan fingerprint density at radius 1 is 0.821 bits per heavy atom. The molecule has 5 N–H and O–H groups in total. The summed E-state index contributed by atoms with van der Waals surface area (Å²) in [6.07, 6.45) is 8.41. The lowest BCUT2D eigenvalue weighted by Crippen LogP contribution is -2.54. The van der Waals surface area contributed by atoms with Crippen molar-refractivity contribution >= 4 is 58.6 Å². The van der Waals surface area contributed by atoms with E-state index in [9.17, 15) is 38.3 Å². The first-order chi connectivity index (χ1) is 32.5. The highest BCUT2D eigenvalue weighted by Gasteiger charge is 2.46. The van der Waals surface area contributed by atoms with E-state index >= 15 is 0 Å². The molecule has 0 spiro atoms. The molecule has 0 radical (unpaired) electrons. The number of piperazine rings is 1. The van der Waals surface area contributed by atoms with Gasteiger partial charge in [-0.05, 0) is 96.4 Å². The Bertz CT molecular complexity index is 2610. The molecule has 6 amide bonds. The van der Waals surface area contributed by atoms with Gasteiger partial charge in [0.2, 0.25) is 17.7 Å². The van der Waals surface area contributed by atoms with E-state index in [1.807, 2.05) is 18.2 Å². The summed E-state index contributed by atoms with van der Waals surface area (Å²) in [6, 6.07) is 20.3. The average Bonchev–Trinajstić information content (AvgIpc) is 4.03. The molecule has 5 aliphatic heterocycles. The minimum atomic E-state index is -1.26. The molecule has 5 aliphatic rings. The number of anilines is 2. The first kappa shape index (κ1) is 45.4. The molecule has 5 heterocycles. The number of phenols is 1. The Morgan fingerprint density at radius 3 is 2.34 bits per heavy atom. The van der Waals surface area contributed by atoms with Gasteiger partial charge in [0, 0.05) is 74.4 Å². The molecule has 0 aromatic heterocycles. The highest BCUT2D eigenvalue weighted by molar-refractivity contribution is 8.02. The molecule has 0 bridgehead atoms. The quantitative estimate of drug-likeness (QED) is 0.0609. The SMILES string of the molecule is O=C1CCC(N2C(=O)c3cccc(NCCCCCCCCN4CCN(c5ccc(-c6ccc7c(c6)C(=O)N(C(C(=O)NC6NC=CS6)c6cc(F)ccc6O)C7)cc5)CC4)c3C2=O)C(=O)N1. The lowest BCUT2D eigenvalue weighted by Gasteiger charge is -2.36. The fraction of sp³-hybridized carbons (Fsp3) is 0.360. The molecule has 3 unspecified atom stereocenters. The molecule has 4 aromatic rings. The van der Waals surface area contributed by atoms with E-state index < -0.39 is 52.9 Å². The van der Waals surface area contributed by atoms with E-state index in [0.29, 0.717) is 17.8 Å². The molecule has 0 saturated carbocycles. The van der Waals surface area contributed by atoms with Gasteiger partial charge in [0.15, 0.2) is 5.50 Å². The number of nitrogens with one attached hydrogen (secondary N) is 4. The first-order valence-corrected chi connectivity index (χ1v) is 23.9. The second kappa shape index (κ2) is 20.0. The standard InChI is InChI=1S/C50H53FN8O7S/c51-34-14-18-41(60)38(29-34)44(46(63)55-50-53-21-27-67-50)58-30-33-11-10-32(28-37(33)47(58)64)31-12-15-35(16-13-31)57-25-23-56(24-26-57)22-6-4-2-1-3-5-20-52-39-9-7-8-36-43(39)49(66)59(48(36)65)40-17-19-42(61)54-45(40)62/h7-16,18,21,27-29,40,44,50,52-53,60H,1-6,17,19-20,22-26,30H2,(H,55,63)(H,54,61,62). The van der Waals surface area contributed by atoms with Crippen LogP contribution >= 0.6 is 11.8 Å². The normalized spacial score (nSPS) is 19.7. The summed E-state index contributed by atoms with van der Waals surface area (Å²) in [7, 11) is 0. The predicted octanol–water partition coefficient (Wildman–Crippen LogP) is 6.08. The number of halogens is 1. The Kier molecular flexibility index (Phi) is 13.6. The number of fused-ring (bicyclic) bond motifs is 2. The largest absolute Gasteiger partial charge is 0.508 e. The van der Waals surface area contributed by atoms with Crippen molar-refractivity contribution in [3.05, 3.63) is 124 Å². The molecule has 9 rings (SSSR count). The number of amides is 6. The topological polar surface area (TPSA) is 184 Å². The van der Waals surface area contributed by atoms with Crippen LogP contribution in [0.5, 0.6) is 5.75 Å². The monoisotopic (exact) mass is 928 g/mol. The molecule has 4 aromatic carbocycles. The van der Waals surface area contributed by atoms with Gasteiger partial charge in [-0.1, -0.05) is 67.8 Å². The Hall–Kier alpha value is -6.72. The van der Waals surface area contributed by atoms with Gasteiger partial charge in [0.25, 0.3) is 17.7 Å². The summed E-state index contributed by atoms with van der Waals surface area (Å²) in [5.74, 6) is -3.84. The smallest absolute Gasteiger partial charge is 0.264 e. The predicted molar refractivity (Wildman–Crippen MR) is 252 cm³/mol. The third kappa shape index (κ3) is 9.74. The number of carbonyl (C=O) groups is 6. The van der Waals surface area contributed by atoms with Crippen molar-refractivity contribution in [2.45, 2.75) is 75.5 Å². The number of benzene rings is 4. The maximum absolute atomic E-state index is 14.4. The lowest BCUT2D eigenvalue weighted by molar-refractivity contribution is -0.136. The second-order valence-electron chi connectivity index (χ2n) is 17.5. The third-order valence-electron chi connectivity index (χ3n) is 13.2. The minimum Gasteiger partial charge on any atom is -0.508 e. The number of nitrogens with zero attached hydrogens (tertiary/aromatic N) is 4. The molecule has 348 valence electrons. The van der Waals surface area contributed by atoms with Crippen molar-refractivity contribution in [3.8, 4) is 16.9 Å². The number of phenolic OH excluding ortho intramolecular Hbond substituents is 1. The van der Waals surface area contributed by atoms with Crippen LogP contribution in [0.25, 0.3) is 11.1 Å². The van der Waals surface area contributed by atoms with Crippen LogP contribution in [-0.2, 0) is 20.9 Å². The summed E-state index contributed by atoms with van der Waals surface area (Å²) >= 11 is 1.35. The van der Waals surface area contributed by atoms with Crippen molar-refractivity contribution in [1.29, 1.82) is 0 Å². The van der Waals surface area contributed by atoms with Crippen LogP contribution in [0.1, 0.15) is 99.6 Å². The molecular formula is C50H53FN8O7S. The van der Waals surface area contributed by atoms with Gasteiger partial charge in [-0.3, -0.25) is 43.9 Å². The summed E-state index contributed by atoms with van der Waals surface area (Å²) in [5.41, 5.74) is 4.87. The van der Waals surface area contributed by atoms with Gasteiger partial charge in [-0.2, -0.15) is 0 Å². The first-order valence-electron chi connectivity index (χ1n) is 23.0. The summed E-state index contributed by atoms with van der Waals surface area (Å²) in [4.78, 5) is 85.5. The lowest BCUT2D eigenvalue weighted by atomic mass is 10.00. The molecule has 2 fully saturated rings. The molecule has 0 aliphatic carbocycles. The van der Waals surface area contributed by atoms with Crippen molar-refractivity contribution in [2.75, 3.05) is 49.5 Å². The number of hydrogen-bond acceptors (Lipinski definition) is 12. The zero-order chi connectivity index (χ0) is 46.6. The maximum Gasteiger partial charge on any atom is 0.264 e. The van der Waals surface area contributed by atoms with E-state index in [1.165, 1.54) is 22.7 Å². The van der Waals surface area contributed by atoms with Crippen molar-refractivity contribution in [2.24, 2.45) is 0 Å². The Morgan fingerprint density at radius 2 is 1.58 bits per heavy atom. The van der Waals surface area contributed by atoms with E-state index in [2.05, 4.69) is 55.3 Å². The van der Waals surface area contributed by atoms with Gasteiger partial charge >= 0.3 is 0 Å². The van der Waals surface area contributed by atoms with Crippen molar-refractivity contribution < 1.29 is 38.3 Å². The maximum atomic E-state index is 14.4. The van der Waals surface area contributed by atoms with Crippen LogP contribution in [0.2, 0.25) is 0 Å². The summed E-state index contributed by atoms with van der Waals surface area (Å²) in [5, 5.41) is 23.9. The number of piperidine rings is 1. The van der Waals surface area contributed by atoms with Gasteiger partial charge in [0.05, 0.1) is 11.1 Å². The van der Waals surface area contributed by atoms with Crippen molar-refractivity contribution in [1.82, 2.24) is 30.7 Å². The number of carbonyl (C=O) groups excluding carboxylic acids is 6. The molecule has 67 heavy (non-hydrogen) atoms. The highest BCUT2D eigenvalue weighted by Crippen LogP contribution is 2.38. The van der Waals surface area contributed by atoms with E-state index in [0.717, 1.165) is 111 Å².